The van der Waals surface area contributed by atoms with E-state index >= 15 is 0 Å². The van der Waals surface area contributed by atoms with Crippen molar-refractivity contribution in [3.8, 4) is 11.8 Å². The lowest BCUT2D eigenvalue weighted by atomic mass is 9.82. The van der Waals surface area contributed by atoms with Crippen molar-refractivity contribution in [2.24, 2.45) is 11.8 Å². The number of hydrogen-bond donors (Lipinski definition) is 0. The maximum Gasteiger partial charge on any atom is 0.142 e. The fraction of sp³-hybridized carbons (Fsp3) is 0.400. The molecule has 0 bridgehead atoms. The Kier molecular flexibility index (Phi) is 6.86. The average molecular weight is 335 g/mol. The molecule has 0 unspecified atom stereocenters. The van der Waals surface area contributed by atoms with Gasteiger partial charge in [-0.05, 0) is 62.1 Å². The van der Waals surface area contributed by atoms with Gasteiger partial charge in [0.25, 0.3) is 0 Å². The van der Waals surface area contributed by atoms with Crippen LogP contribution in [-0.2, 0) is 6.42 Å². The van der Waals surface area contributed by atoms with Crippen LogP contribution in [0.15, 0.2) is 36.4 Å². The van der Waals surface area contributed by atoms with Gasteiger partial charge in [-0.15, -0.1) is 6.58 Å². The smallest absolute Gasteiger partial charge is 0.142 e. The van der Waals surface area contributed by atoms with Crippen molar-refractivity contribution >= 4 is 11.6 Å². The minimum Gasteiger partial charge on any atom is -0.206 e. The average Bonchev–Trinajstić information content (AvgIpc) is 2.54. The van der Waals surface area contributed by atoms with Crippen LogP contribution in [0.5, 0.6) is 0 Å². The summed E-state index contributed by atoms with van der Waals surface area (Å²) in [6.07, 6.45) is 8.96. The maximum absolute atomic E-state index is 14.1. The fourth-order valence-electron chi connectivity index (χ4n) is 2.89. The van der Waals surface area contributed by atoms with Crippen molar-refractivity contribution in [3.63, 3.8) is 0 Å². The Hall–Kier alpha value is -1.59. The van der Waals surface area contributed by atoms with Gasteiger partial charge in [-0.3, -0.25) is 0 Å². The number of aryl methyl sites for hydroxylation is 1. The van der Waals surface area contributed by atoms with Crippen LogP contribution < -0.4 is 0 Å². The Morgan fingerprint density at radius 2 is 1.83 bits per heavy atom. The largest absolute Gasteiger partial charge is 0.206 e. The van der Waals surface area contributed by atoms with Gasteiger partial charge in [0.2, 0.25) is 0 Å². The van der Waals surface area contributed by atoms with Crippen molar-refractivity contribution in [2.45, 2.75) is 38.5 Å². The molecule has 1 aliphatic carbocycles. The Morgan fingerprint density at radius 1 is 1.17 bits per heavy atom. The summed E-state index contributed by atoms with van der Waals surface area (Å²) in [6.45, 7) is 3.61. The third-order valence-electron chi connectivity index (χ3n) is 4.26. The number of allylic oxidation sites excluding steroid dienone is 2. The van der Waals surface area contributed by atoms with Crippen molar-refractivity contribution in [3.05, 3.63) is 59.2 Å². The van der Waals surface area contributed by atoms with Crippen LogP contribution in [0.3, 0.4) is 0 Å². The molecule has 23 heavy (non-hydrogen) atoms. The van der Waals surface area contributed by atoms with Crippen molar-refractivity contribution < 1.29 is 8.78 Å². The minimum absolute atomic E-state index is 0.116. The normalized spacial score (nSPS) is 21.0. The van der Waals surface area contributed by atoms with Gasteiger partial charge in [-0.2, -0.15) is 0 Å². The number of benzene rings is 1. The second-order valence-electron chi connectivity index (χ2n) is 5.96. The van der Waals surface area contributed by atoms with Crippen LogP contribution in [0.4, 0.5) is 8.78 Å². The fourth-order valence-corrected chi connectivity index (χ4v) is 3.10. The summed E-state index contributed by atoms with van der Waals surface area (Å²) < 4.78 is 28.1. The summed E-state index contributed by atoms with van der Waals surface area (Å²) in [6, 6.07) is 2.75. The zero-order valence-electron chi connectivity index (χ0n) is 13.1. The van der Waals surface area contributed by atoms with Gasteiger partial charge < -0.3 is 0 Å². The predicted octanol–water partition coefficient (Wildman–Crippen LogP) is 5.99. The lowest BCUT2D eigenvalue weighted by Crippen LogP contribution is -2.11. The second kappa shape index (κ2) is 8.89. The topological polar surface area (TPSA) is 0 Å². The third-order valence-corrected chi connectivity index (χ3v) is 4.40. The Balaban J connectivity index is 2.05. The van der Waals surface area contributed by atoms with E-state index in [2.05, 4.69) is 18.4 Å². The second-order valence-corrected chi connectivity index (χ2v) is 6.21. The molecule has 0 heterocycles. The first-order valence-corrected chi connectivity index (χ1v) is 8.45. The highest BCUT2D eigenvalue weighted by Crippen LogP contribution is 2.29. The molecule has 1 aliphatic rings. The molecular weight excluding hydrogens is 314 g/mol. The molecule has 0 aromatic heterocycles. The van der Waals surface area contributed by atoms with Crippen molar-refractivity contribution in [1.29, 1.82) is 0 Å². The Bertz CT molecular complexity index is 606. The first-order valence-electron chi connectivity index (χ1n) is 8.01. The molecule has 122 valence electrons. The highest BCUT2D eigenvalue weighted by molar-refractivity contribution is 6.25. The van der Waals surface area contributed by atoms with Gasteiger partial charge in [0.1, 0.15) is 11.6 Å². The molecule has 3 heteroatoms. The third kappa shape index (κ3) is 5.22. The van der Waals surface area contributed by atoms with E-state index in [1.54, 1.807) is 11.6 Å². The van der Waals surface area contributed by atoms with E-state index in [0.717, 1.165) is 25.7 Å². The first-order chi connectivity index (χ1) is 11.1. The van der Waals surface area contributed by atoms with E-state index in [4.69, 9.17) is 11.6 Å². The van der Waals surface area contributed by atoms with E-state index in [9.17, 15) is 8.78 Å². The van der Waals surface area contributed by atoms with Crippen molar-refractivity contribution in [2.75, 3.05) is 0 Å². The molecule has 2 rings (SSSR count). The zero-order chi connectivity index (χ0) is 16.7. The predicted molar refractivity (Wildman–Crippen MR) is 92.2 cm³/mol. The van der Waals surface area contributed by atoms with Crippen LogP contribution in [0.1, 0.15) is 43.2 Å². The van der Waals surface area contributed by atoms with Gasteiger partial charge >= 0.3 is 0 Å². The van der Waals surface area contributed by atoms with E-state index in [1.807, 2.05) is 6.08 Å². The Labute approximate surface area is 142 Å². The van der Waals surface area contributed by atoms with Crippen LogP contribution in [0, 0.1) is 35.3 Å². The highest BCUT2D eigenvalue weighted by Gasteiger charge is 2.18. The molecule has 0 atom stereocenters. The monoisotopic (exact) mass is 334 g/mol. The molecule has 0 nitrogen and oxygen atoms in total. The Morgan fingerprint density at radius 3 is 2.39 bits per heavy atom. The number of rotatable bonds is 4. The zero-order valence-corrected chi connectivity index (χ0v) is 13.9. The van der Waals surface area contributed by atoms with E-state index in [1.165, 1.54) is 12.1 Å². The van der Waals surface area contributed by atoms with E-state index in [-0.39, 0.29) is 11.5 Å². The molecule has 0 saturated heterocycles. The quantitative estimate of drug-likeness (QED) is 0.468. The molecule has 1 aromatic carbocycles. The summed E-state index contributed by atoms with van der Waals surface area (Å²) in [5.74, 6) is 5.32. The molecule has 1 aromatic rings. The molecule has 1 fully saturated rings. The summed E-state index contributed by atoms with van der Waals surface area (Å²) in [5.41, 5.74) is 2.09. The molecule has 1 saturated carbocycles. The van der Waals surface area contributed by atoms with E-state index in [0.29, 0.717) is 24.3 Å². The van der Waals surface area contributed by atoms with Crippen LogP contribution in [0.2, 0.25) is 0 Å². The summed E-state index contributed by atoms with van der Waals surface area (Å²) in [5, 5.41) is 0. The van der Waals surface area contributed by atoms with Crippen molar-refractivity contribution in [1.82, 2.24) is 0 Å². The van der Waals surface area contributed by atoms with Gasteiger partial charge in [0.15, 0.2) is 0 Å². The number of halogens is 3. The minimum atomic E-state index is -0.574. The molecule has 0 radical (unpaired) electrons. The van der Waals surface area contributed by atoms with Crippen LogP contribution in [0.25, 0.3) is 0 Å². The molecular formula is C20H21ClF2. The van der Waals surface area contributed by atoms with Crippen LogP contribution in [-0.4, -0.2) is 0 Å². The highest BCUT2D eigenvalue weighted by atomic mass is 35.5. The van der Waals surface area contributed by atoms with Gasteiger partial charge in [-0.1, -0.05) is 35.6 Å². The lowest BCUT2D eigenvalue weighted by Gasteiger charge is -2.22. The van der Waals surface area contributed by atoms with Crippen LogP contribution >= 0.6 is 11.6 Å². The molecule has 0 N–H and O–H groups in total. The van der Waals surface area contributed by atoms with Gasteiger partial charge in [0, 0.05) is 11.5 Å². The molecule has 0 spiro atoms. The summed E-state index contributed by atoms with van der Waals surface area (Å²) in [4.78, 5) is 0. The maximum atomic E-state index is 14.1. The molecule has 0 amide bonds. The summed E-state index contributed by atoms with van der Waals surface area (Å²) in [7, 11) is 0. The number of hydrogen-bond acceptors (Lipinski definition) is 0. The first kappa shape index (κ1) is 17.8. The lowest BCUT2D eigenvalue weighted by molar-refractivity contribution is 0.365. The molecule has 0 aliphatic heterocycles. The standard InChI is InChI=1S/C20H21ClF2/c1-2-3-4-17-13-19(22)18(20(23)14-17)10-9-15-5-7-16(8-6-15)11-12-21/h2,11-16H,1,3-8H2. The summed E-state index contributed by atoms with van der Waals surface area (Å²) >= 11 is 5.59. The SMILES string of the molecule is C=CCCc1cc(F)c(C#CC2CCC(C=CCl)CC2)c(F)c1. The van der Waals surface area contributed by atoms with E-state index < -0.39 is 11.6 Å². The van der Waals surface area contributed by atoms with Gasteiger partial charge in [0.05, 0.1) is 5.56 Å². The van der Waals surface area contributed by atoms with Gasteiger partial charge in [-0.25, -0.2) is 8.78 Å².